The van der Waals surface area contributed by atoms with Crippen LogP contribution in [0.25, 0.3) is 0 Å². The van der Waals surface area contributed by atoms with Gasteiger partial charge in [-0.05, 0) is 25.6 Å². The molecule has 0 amide bonds. The van der Waals surface area contributed by atoms with Crippen LogP contribution in [0.15, 0.2) is 24.3 Å². The maximum absolute atomic E-state index is 2.40. The van der Waals surface area contributed by atoms with Gasteiger partial charge in [0.05, 0.1) is 0 Å². The zero-order valence-electron chi connectivity index (χ0n) is 9.46. The van der Waals surface area contributed by atoms with Crippen molar-refractivity contribution in [1.82, 2.24) is 4.90 Å². The van der Waals surface area contributed by atoms with E-state index in [1.807, 2.05) is 0 Å². The van der Waals surface area contributed by atoms with Gasteiger partial charge in [-0.1, -0.05) is 43.7 Å². The first kappa shape index (κ1) is 11.3. The summed E-state index contributed by atoms with van der Waals surface area (Å²) in [5, 5.41) is 0. The number of benzene rings is 1. The lowest BCUT2D eigenvalue weighted by Gasteiger charge is -2.17. The van der Waals surface area contributed by atoms with E-state index in [4.69, 9.17) is 0 Å². The lowest BCUT2D eigenvalue weighted by Crippen LogP contribution is -2.24. The summed E-state index contributed by atoms with van der Waals surface area (Å²) in [6.07, 6.45) is 2.28. The molecule has 0 saturated heterocycles. The van der Waals surface area contributed by atoms with Crippen LogP contribution in [0, 0.1) is 13.3 Å². The normalized spacial score (nSPS) is 10.9. The van der Waals surface area contributed by atoms with Crippen molar-refractivity contribution in [3.63, 3.8) is 0 Å². The van der Waals surface area contributed by atoms with E-state index in [1.54, 1.807) is 0 Å². The Bertz CT molecular complexity index is 246. The third kappa shape index (κ3) is 3.51. The van der Waals surface area contributed by atoms with Crippen LogP contribution in [0.3, 0.4) is 0 Å². The van der Waals surface area contributed by atoms with Gasteiger partial charge in [0.15, 0.2) is 0 Å². The molecule has 0 aliphatic carbocycles. The van der Waals surface area contributed by atoms with Gasteiger partial charge < -0.3 is 4.90 Å². The summed E-state index contributed by atoms with van der Waals surface area (Å²) in [5.74, 6) is 0. The minimum atomic E-state index is 1.05. The van der Waals surface area contributed by atoms with Crippen molar-refractivity contribution in [1.29, 1.82) is 0 Å². The highest BCUT2D eigenvalue weighted by Crippen LogP contribution is 2.06. The van der Waals surface area contributed by atoms with Crippen molar-refractivity contribution in [2.75, 3.05) is 19.6 Å². The summed E-state index contributed by atoms with van der Waals surface area (Å²) in [7, 11) is 0. The molecule has 1 radical (unpaired) electrons. The van der Waals surface area contributed by atoms with Crippen molar-refractivity contribution >= 4 is 0 Å². The average molecular weight is 190 g/mol. The molecule has 1 nitrogen and oxygen atoms in total. The second kappa shape index (κ2) is 5.82. The minimum Gasteiger partial charge on any atom is -0.303 e. The molecule has 0 unspecified atom stereocenters. The van der Waals surface area contributed by atoms with Crippen molar-refractivity contribution < 1.29 is 0 Å². The molecule has 0 N–H and O–H groups in total. The molecule has 1 heteroatoms. The van der Waals surface area contributed by atoms with Gasteiger partial charge in [-0.3, -0.25) is 0 Å². The molecule has 14 heavy (non-hydrogen) atoms. The molecule has 1 aromatic rings. The Hall–Kier alpha value is -0.820. The molecule has 0 saturated carbocycles. The van der Waals surface area contributed by atoms with E-state index in [0.29, 0.717) is 0 Å². The number of hydrogen-bond acceptors (Lipinski definition) is 1. The van der Waals surface area contributed by atoms with E-state index in [9.17, 15) is 0 Å². The van der Waals surface area contributed by atoms with E-state index in [0.717, 1.165) is 19.6 Å². The summed E-state index contributed by atoms with van der Waals surface area (Å²) in [5.41, 5.74) is 2.65. The molecular weight excluding hydrogens is 170 g/mol. The fourth-order valence-corrected chi connectivity index (χ4v) is 1.42. The summed E-state index contributed by atoms with van der Waals surface area (Å²) in [6, 6.07) is 8.68. The molecule has 0 atom stereocenters. The Labute approximate surface area is 87.7 Å². The summed E-state index contributed by atoms with van der Waals surface area (Å²) in [6.45, 7) is 9.82. The van der Waals surface area contributed by atoms with Crippen molar-refractivity contribution in [3.8, 4) is 0 Å². The third-order valence-electron chi connectivity index (χ3n) is 2.56. The van der Waals surface area contributed by atoms with Gasteiger partial charge >= 0.3 is 0 Å². The van der Waals surface area contributed by atoms with Gasteiger partial charge in [-0.2, -0.15) is 0 Å². The summed E-state index contributed by atoms with van der Waals surface area (Å²) in [4.78, 5) is 2.40. The van der Waals surface area contributed by atoms with Gasteiger partial charge in [-0.15, -0.1) is 0 Å². The third-order valence-corrected chi connectivity index (χ3v) is 2.56. The van der Waals surface area contributed by atoms with Crippen LogP contribution in [-0.2, 0) is 0 Å². The van der Waals surface area contributed by atoms with Gasteiger partial charge in [0.25, 0.3) is 0 Å². The molecule has 0 spiro atoms. The summed E-state index contributed by atoms with van der Waals surface area (Å²) < 4.78 is 0. The smallest absolute Gasteiger partial charge is 0.00564 e. The molecule has 0 aliphatic rings. The van der Waals surface area contributed by atoms with Crippen molar-refractivity contribution in [2.24, 2.45) is 0 Å². The first-order chi connectivity index (χ1) is 6.76. The SMILES string of the molecule is CCN(CC)C[CH]c1ccc(C)cc1. The second-order valence-electron chi connectivity index (χ2n) is 3.60. The standard InChI is InChI=1S/C13H20N/c1-4-14(5-2)11-10-13-8-6-12(3)7-9-13/h6-10H,4-5,11H2,1-3H3. The van der Waals surface area contributed by atoms with E-state index >= 15 is 0 Å². The molecule has 0 heterocycles. The maximum Gasteiger partial charge on any atom is 0.00564 e. The number of nitrogens with zero attached hydrogens (tertiary/aromatic N) is 1. The zero-order chi connectivity index (χ0) is 10.4. The van der Waals surface area contributed by atoms with E-state index in [-0.39, 0.29) is 0 Å². The Morgan fingerprint density at radius 1 is 1.07 bits per heavy atom. The average Bonchev–Trinajstić information content (AvgIpc) is 2.22. The number of likely N-dealkylation sites (N-methyl/N-ethyl adjacent to an activating group) is 1. The molecule has 77 valence electrons. The van der Waals surface area contributed by atoms with Gasteiger partial charge in [0.2, 0.25) is 0 Å². The maximum atomic E-state index is 2.40. The van der Waals surface area contributed by atoms with Gasteiger partial charge in [0, 0.05) is 13.0 Å². The van der Waals surface area contributed by atoms with Gasteiger partial charge in [0.1, 0.15) is 0 Å². The predicted octanol–water partition coefficient (Wildman–Crippen LogP) is 2.89. The molecule has 1 rings (SSSR count). The Kier molecular flexibility index (Phi) is 4.68. The van der Waals surface area contributed by atoms with Crippen LogP contribution >= 0.6 is 0 Å². The zero-order valence-corrected chi connectivity index (χ0v) is 9.46. The van der Waals surface area contributed by atoms with Crippen molar-refractivity contribution in [2.45, 2.75) is 20.8 Å². The largest absolute Gasteiger partial charge is 0.303 e. The fraction of sp³-hybridized carbons (Fsp3) is 0.462. The molecule has 1 aromatic carbocycles. The van der Waals surface area contributed by atoms with Gasteiger partial charge in [-0.25, -0.2) is 0 Å². The lowest BCUT2D eigenvalue weighted by molar-refractivity contribution is 0.330. The Balaban J connectivity index is 2.41. The van der Waals surface area contributed by atoms with Crippen LogP contribution < -0.4 is 0 Å². The van der Waals surface area contributed by atoms with E-state index in [2.05, 4.69) is 56.4 Å². The topological polar surface area (TPSA) is 3.24 Å². The molecule has 0 bridgehead atoms. The van der Waals surface area contributed by atoms with Crippen LogP contribution in [0.5, 0.6) is 0 Å². The first-order valence-electron chi connectivity index (χ1n) is 5.38. The molecular formula is C13H20N. The quantitative estimate of drug-likeness (QED) is 0.690. The van der Waals surface area contributed by atoms with Crippen LogP contribution in [-0.4, -0.2) is 24.5 Å². The molecule has 0 aliphatic heterocycles. The highest BCUT2D eigenvalue weighted by atomic mass is 15.1. The summed E-state index contributed by atoms with van der Waals surface area (Å²) >= 11 is 0. The van der Waals surface area contributed by atoms with Crippen molar-refractivity contribution in [3.05, 3.63) is 41.8 Å². The molecule has 0 fully saturated rings. The van der Waals surface area contributed by atoms with Crippen LogP contribution in [0.2, 0.25) is 0 Å². The fourth-order valence-electron chi connectivity index (χ4n) is 1.42. The highest BCUT2D eigenvalue weighted by molar-refractivity contribution is 5.27. The van der Waals surface area contributed by atoms with Crippen LogP contribution in [0.4, 0.5) is 0 Å². The predicted molar refractivity (Wildman–Crippen MR) is 62.4 cm³/mol. The second-order valence-corrected chi connectivity index (χ2v) is 3.60. The monoisotopic (exact) mass is 190 g/mol. The van der Waals surface area contributed by atoms with E-state index in [1.165, 1.54) is 11.1 Å². The minimum absolute atomic E-state index is 1.05. The highest BCUT2D eigenvalue weighted by Gasteiger charge is 1.99. The Morgan fingerprint density at radius 2 is 1.64 bits per heavy atom. The molecule has 0 aromatic heterocycles. The van der Waals surface area contributed by atoms with Crippen LogP contribution in [0.1, 0.15) is 25.0 Å². The number of rotatable bonds is 5. The first-order valence-corrected chi connectivity index (χ1v) is 5.38. The Morgan fingerprint density at radius 3 is 2.14 bits per heavy atom. The lowest BCUT2D eigenvalue weighted by atomic mass is 10.1. The number of aryl methyl sites for hydroxylation is 1. The number of hydrogen-bond donors (Lipinski definition) is 0. The van der Waals surface area contributed by atoms with E-state index < -0.39 is 0 Å².